The highest BCUT2D eigenvalue weighted by molar-refractivity contribution is 7.89. The van der Waals surface area contributed by atoms with Crippen LogP contribution in [0.1, 0.15) is 12.0 Å². The predicted octanol–water partition coefficient (Wildman–Crippen LogP) is 2.68. The largest absolute Gasteiger partial charge is 0.493 e. The van der Waals surface area contributed by atoms with Crippen LogP contribution in [-0.4, -0.2) is 43.3 Å². The Balaban J connectivity index is 1.92. The molecule has 0 aliphatic rings. The molecule has 0 atom stereocenters. The van der Waals surface area contributed by atoms with Gasteiger partial charge in [-0.05, 0) is 42.7 Å². The molecule has 0 bridgehead atoms. The van der Waals surface area contributed by atoms with Crippen molar-refractivity contribution in [1.82, 2.24) is 4.72 Å². The van der Waals surface area contributed by atoms with Gasteiger partial charge in [-0.3, -0.25) is 0 Å². The van der Waals surface area contributed by atoms with Crippen LogP contribution < -0.4 is 19.1 Å². The molecule has 2 rings (SSSR count). The molecule has 0 unspecified atom stereocenters. The van der Waals surface area contributed by atoms with Crippen LogP contribution in [0.2, 0.25) is 0 Å². The summed E-state index contributed by atoms with van der Waals surface area (Å²) in [5.74, 6) is 0.879. The Bertz CT molecular complexity index is 818. The van der Waals surface area contributed by atoms with Crippen molar-refractivity contribution in [3.8, 4) is 11.5 Å². The van der Waals surface area contributed by atoms with E-state index in [-0.39, 0.29) is 4.90 Å². The van der Waals surface area contributed by atoms with E-state index in [1.54, 1.807) is 6.07 Å². The zero-order chi connectivity index (χ0) is 19.2. The van der Waals surface area contributed by atoms with Gasteiger partial charge in [0.25, 0.3) is 0 Å². The van der Waals surface area contributed by atoms with Gasteiger partial charge in [0.05, 0.1) is 19.1 Å². The molecule has 0 fully saturated rings. The maximum absolute atomic E-state index is 12.4. The lowest BCUT2D eigenvalue weighted by atomic mass is 10.1. The summed E-state index contributed by atoms with van der Waals surface area (Å²) in [6, 6.07) is 12.8. The summed E-state index contributed by atoms with van der Waals surface area (Å²) in [7, 11) is 3.40. The van der Waals surface area contributed by atoms with Gasteiger partial charge in [0.1, 0.15) is 0 Å². The van der Waals surface area contributed by atoms with E-state index in [0.717, 1.165) is 12.1 Å². The van der Waals surface area contributed by atoms with Gasteiger partial charge in [-0.25, -0.2) is 13.1 Å². The van der Waals surface area contributed by atoms with Crippen LogP contribution in [0.25, 0.3) is 0 Å². The topological polar surface area (TPSA) is 67.9 Å². The lowest BCUT2D eigenvalue weighted by Crippen LogP contribution is -2.25. The molecule has 26 heavy (non-hydrogen) atoms. The lowest BCUT2D eigenvalue weighted by Gasteiger charge is -2.13. The smallest absolute Gasteiger partial charge is 0.240 e. The van der Waals surface area contributed by atoms with Gasteiger partial charge >= 0.3 is 0 Å². The molecule has 1 N–H and O–H groups in total. The summed E-state index contributed by atoms with van der Waals surface area (Å²) in [6.07, 6.45) is 1.52. The molecular weight excluding hydrogens is 352 g/mol. The molecule has 0 aliphatic carbocycles. The Hall–Kier alpha value is -2.25. The number of nitrogens with zero attached hydrogens (tertiary/aromatic N) is 1. The molecule has 2 aromatic carbocycles. The van der Waals surface area contributed by atoms with E-state index in [0.29, 0.717) is 24.5 Å². The molecular formula is C19H26N2O4S. The number of aryl methyl sites for hydroxylation is 1. The summed E-state index contributed by atoms with van der Waals surface area (Å²) in [6.45, 7) is 0.367. The Morgan fingerprint density at radius 2 is 1.62 bits per heavy atom. The Kier molecular flexibility index (Phi) is 6.88. The molecule has 2 aromatic rings. The van der Waals surface area contributed by atoms with Crippen molar-refractivity contribution in [3.05, 3.63) is 48.0 Å². The number of methoxy groups -OCH3 is 2. The predicted molar refractivity (Wildman–Crippen MR) is 104 cm³/mol. The number of rotatable bonds is 9. The number of hydrogen-bond acceptors (Lipinski definition) is 5. The third-order valence-electron chi connectivity index (χ3n) is 4.05. The standard InChI is InChI=1S/C19H26N2O4S/c1-21(2)16-9-7-15(8-10-16)6-5-13-20-26(22,23)17-11-12-18(24-3)19(14-17)25-4/h7-12,14,20H,5-6,13H2,1-4H3. The van der Waals surface area contributed by atoms with Crippen LogP contribution in [0, 0.1) is 0 Å². The second kappa shape index (κ2) is 8.91. The van der Waals surface area contributed by atoms with E-state index < -0.39 is 10.0 Å². The maximum atomic E-state index is 12.4. The first-order chi connectivity index (χ1) is 12.4. The Morgan fingerprint density at radius 3 is 2.19 bits per heavy atom. The molecule has 142 valence electrons. The molecule has 6 nitrogen and oxygen atoms in total. The first-order valence-corrected chi connectivity index (χ1v) is 9.83. The first kappa shape index (κ1) is 20.1. The van der Waals surface area contributed by atoms with Gasteiger partial charge in [0.2, 0.25) is 10.0 Å². The summed E-state index contributed by atoms with van der Waals surface area (Å²) in [5, 5.41) is 0. The van der Waals surface area contributed by atoms with E-state index in [1.807, 2.05) is 19.0 Å². The summed E-state index contributed by atoms with van der Waals surface area (Å²) in [5.41, 5.74) is 2.32. The highest BCUT2D eigenvalue weighted by Gasteiger charge is 2.16. The molecule has 0 saturated heterocycles. The van der Waals surface area contributed by atoms with Crippen LogP contribution in [0.15, 0.2) is 47.4 Å². The molecule has 0 radical (unpaired) electrons. The lowest BCUT2D eigenvalue weighted by molar-refractivity contribution is 0.354. The fraction of sp³-hybridized carbons (Fsp3) is 0.368. The van der Waals surface area contributed by atoms with E-state index in [4.69, 9.17) is 9.47 Å². The van der Waals surface area contributed by atoms with Gasteiger partial charge < -0.3 is 14.4 Å². The fourth-order valence-corrected chi connectivity index (χ4v) is 3.62. The molecule has 0 amide bonds. The number of nitrogens with one attached hydrogen (secondary N) is 1. The average Bonchev–Trinajstić information content (AvgIpc) is 2.65. The van der Waals surface area contributed by atoms with E-state index in [9.17, 15) is 8.42 Å². The summed E-state index contributed by atoms with van der Waals surface area (Å²) >= 11 is 0. The third-order valence-corrected chi connectivity index (χ3v) is 5.51. The maximum Gasteiger partial charge on any atom is 0.240 e. The molecule has 0 aliphatic heterocycles. The van der Waals surface area contributed by atoms with E-state index in [2.05, 4.69) is 29.0 Å². The minimum absolute atomic E-state index is 0.158. The van der Waals surface area contributed by atoms with Crippen molar-refractivity contribution < 1.29 is 17.9 Å². The minimum Gasteiger partial charge on any atom is -0.493 e. The third kappa shape index (κ3) is 5.12. The summed E-state index contributed by atoms with van der Waals surface area (Å²) in [4.78, 5) is 2.20. The molecule has 0 heterocycles. The normalized spacial score (nSPS) is 11.2. The second-order valence-electron chi connectivity index (χ2n) is 6.08. The molecule has 0 saturated carbocycles. The second-order valence-corrected chi connectivity index (χ2v) is 7.85. The van der Waals surface area contributed by atoms with Crippen molar-refractivity contribution >= 4 is 15.7 Å². The van der Waals surface area contributed by atoms with Crippen LogP contribution >= 0.6 is 0 Å². The molecule has 0 aromatic heterocycles. The summed E-state index contributed by atoms with van der Waals surface area (Å²) < 4.78 is 37.8. The van der Waals surface area contributed by atoms with Crippen molar-refractivity contribution in [2.45, 2.75) is 17.7 Å². The van der Waals surface area contributed by atoms with Crippen molar-refractivity contribution in [3.63, 3.8) is 0 Å². The van der Waals surface area contributed by atoms with Crippen molar-refractivity contribution in [1.29, 1.82) is 0 Å². The zero-order valence-corrected chi connectivity index (χ0v) is 16.5. The zero-order valence-electron chi connectivity index (χ0n) is 15.7. The monoisotopic (exact) mass is 378 g/mol. The highest BCUT2D eigenvalue weighted by Crippen LogP contribution is 2.29. The van der Waals surface area contributed by atoms with E-state index >= 15 is 0 Å². The van der Waals surface area contributed by atoms with Gasteiger partial charge in [0, 0.05) is 32.4 Å². The Morgan fingerprint density at radius 1 is 0.962 bits per heavy atom. The van der Waals surface area contributed by atoms with Crippen molar-refractivity contribution in [2.24, 2.45) is 0 Å². The number of benzene rings is 2. The van der Waals surface area contributed by atoms with Crippen LogP contribution in [0.3, 0.4) is 0 Å². The Labute approximate surface area is 155 Å². The SMILES string of the molecule is COc1ccc(S(=O)(=O)NCCCc2ccc(N(C)C)cc2)cc1OC. The number of anilines is 1. The van der Waals surface area contributed by atoms with Gasteiger partial charge in [-0.15, -0.1) is 0 Å². The van der Waals surface area contributed by atoms with Crippen LogP contribution in [0.5, 0.6) is 11.5 Å². The average molecular weight is 378 g/mol. The van der Waals surface area contributed by atoms with Crippen LogP contribution in [-0.2, 0) is 16.4 Å². The van der Waals surface area contributed by atoms with Crippen LogP contribution in [0.4, 0.5) is 5.69 Å². The molecule has 0 spiro atoms. The number of ether oxygens (including phenoxy) is 2. The van der Waals surface area contributed by atoms with E-state index in [1.165, 1.54) is 31.9 Å². The van der Waals surface area contributed by atoms with Gasteiger partial charge in [0.15, 0.2) is 11.5 Å². The molecule has 7 heteroatoms. The fourth-order valence-electron chi connectivity index (χ4n) is 2.53. The quantitative estimate of drug-likeness (QED) is 0.680. The number of sulfonamides is 1. The van der Waals surface area contributed by atoms with Gasteiger partial charge in [-0.1, -0.05) is 12.1 Å². The minimum atomic E-state index is -3.58. The highest BCUT2D eigenvalue weighted by atomic mass is 32.2. The number of hydrogen-bond donors (Lipinski definition) is 1. The van der Waals surface area contributed by atoms with Crippen molar-refractivity contribution in [2.75, 3.05) is 39.8 Å². The van der Waals surface area contributed by atoms with Gasteiger partial charge in [-0.2, -0.15) is 0 Å². The first-order valence-electron chi connectivity index (χ1n) is 8.35.